The maximum Gasteiger partial charge on any atom is 0.340 e. The lowest BCUT2D eigenvalue weighted by Crippen LogP contribution is -2.13. The van der Waals surface area contributed by atoms with E-state index in [0.717, 1.165) is 4.88 Å². The number of thiophene rings is 1. The summed E-state index contributed by atoms with van der Waals surface area (Å²) in [6.07, 6.45) is 0. The molecular formula is C19H16ClNO5S. The maximum atomic E-state index is 12.4. The third kappa shape index (κ3) is 4.69. The van der Waals surface area contributed by atoms with Gasteiger partial charge in [-0.2, -0.15) is 0 Å². The van der Waals surface area contributed by atoms with Crippen LogP contribution in [0.5, 0.6) is 5.75 Å². The van der Waals surface area contributed by atoms with Gasteiger partial charge in [0.05, 0.1) is 12.7 Å². The van der Waals surface area contributed by atoms with Crippen molar-refractivity contribution >= 4 is 39.8 Å². The average Bonchev–Trinajstić information content (AvgIpc) is 3.26. The van der Waals surface area contributed by atoms with Crippen LogP contribution >= 0.6 is 22.9 Å². The molecular weight excluding hydrogens is 390 g/mol. The fourth-order valence-electron chi connectivity index (χ4n) is 2.32. The highest BCUT2D eigenvalue weighted by Gasteiger charge is 2.19. The number of furan rings is 1. The van der Waals surface area contributed by atoms with E-state index in [1.54, 1.807) is 42.5 Å². The van der Waals surface area contributed by atoms with Gasteiger partial charge in [0.2, 0.25) is 0 Å². The van der Waals surface area contributed by atoms with Crippen molar-refractivity contribution in [2.24, 2.45) is 0 Å². The number of hydrogen-bond acceptors (Lipinski definition) is 6. The molecule has 8 heteroatoms. The number of halogens is 1. The zero-order valence-corrected chi connectivity index (χ0v) is 16.1. The second-order valence-electron chi connectivity index (χ2n) is 5.56. The van der Waals surface area contributed by atoms with E-state index in [4.69, 9.17) is 25.5 Å². The van der Waals surface area contributed by atoms with E-state index in [9.17, 15) is 9.59 Å². The van der Waals surface area contributed by atoms with Crippen molar-refractivity contribution in [2.75, 3.05) is 12.4 Å². The van der Waals surface area contributed by atoms with E-state index in [1.807, 2.05) is 6.92 Å². The van der Waals surface area contributed by atoms with Crippen molar-refractivity contribution in [1.82, 2.24) is 0 Å². The number of carbonyl (C=O) groups excluding carboxylic acids is 2. The Labute approximate surface area is 164 Å². The predicted molar refractivity (Wildman–Crippen MR) is 103 cm³/mol. The van der Waals surface area contributed by atoms with Crippen LogP contribution in [0.4, 0.5) is 5.00 Å². The van der Waals surface area contributed by atoms with Gasteiger partial charge in [0.15, 0.2) is 5.76 Å². The highest BCUT2D eigenvalue weighted by molar-refractivity contribution is 7.16. The second-order valence-corrected chi connectivity index (χ2v) is 7.25. The van der Waals surface area contributed by atoms with Crippen molar-refractivity contribution in [3.05, 3.63) is 69.4 Å². The molecule has 0 aliphatic rings. The number of carbonyl (C=O) groups is 2. The molecule has 0 saturated carbocycles. The van der Waals surface area contributed by atoms with E-state index in [-0.39, 0.29) is 12.4 Å². The molecule has 0 aliphatic heterocycles. The summed E-state index contributed by atoms with van der Waals surface area (Å²) in [5, 5.41) is 3.67. The molecule has 0 fully saturated rings. The lowest BCUT2D eigenvalue weighted by atomic mass is 10.3. The molecule has 1 aromatic carbocycles. The summed E-state index contributed by atoms with van der Waals surface area (Å²) in [6.45, 7) is 1.99. The van der Waals surface area contributed by atoms with Crippen LogP contribution in [-0.2, 0) is 11.3 Å². The van der Waals surface area contributed by atoms with E-state index in [2.05, 4.69) is 5.32 Å². The molecule has 0 unspecified atom stereocenters. The van der Waals surface area contributed by atoms with E-state index in [0.29, 0.717) is 27.1 Å². The smallest absolute Gasteiger partial charge is 0.340 e. The number of hydrogen-bond donors (Lipinski definition) is 1. The molecule has 27 heavy (non-hydrogen) atoms. The number of aryl methyl sites for hydroxylation is 1. The zero-order chi connectivity index (χ0) is 19.4. The summed E-state index contributed by atoms with van der Waals surface area (Å²) < 4.78 is 15.8. The Morgan fingerprint density at radius 2 is 2.04 bits per heavy atom. The molecule has 0 saturated heterocycles. The summed E-state index contributed by atoms with van der Waals surface area (Å²) in [5.41, 5.74) is 0.310. The molecule has 0 atom stereocenters. The number of rotatable bonds is 6. The summed E-state index contributed by atoms with van der Waals surface area (Å²) in [6, 6.07) is 11.9. The normalized spacial score (nSPS) is 10.5. The van der Waals surface area contributed by atoms with Crippen LogP contribution in [0, 0.1) is 6.92 Å². The number of nitrogens with one attached hydrogen (secondary N) is 1. The van der Waals surface area contributed by atoms with E-state index >= 15 is 0 Å². The number of methoxy groups -OCH3 is 1. The molecule has 0 bridgehead atoms. The minimum Gasteiger partial charge on any atom is -0.486 e. The number of anilines is 1. The number of ether oxygens (including phenoxy) is 2. The van der Waals surface area contributed by atoms with Crippen molar-refractivity contribution in [2.45, 2.75) is 13.5 Å². The standard InChI is InChI=1S/C19H16ClNO5S/c1-11-8-15(19(23)24-2)18(27-11)21-17(22)16-7-6-14(26-16)10-25-13-5-3-4-12(20)9-13/h3-9H,10H2,1-2H3,(H,21,22). The van der Waals surface area contributed by atoms with Gasteiger partial charge in [-0.1, -0.05) is 17.7 Å². The molecule has 0 radical (unpaired) electrons. The van der Waals surface area contributed by atoms with Crippen LogP contribution in [0.2, 0.25) is 5.02 Å². The number of amides is 1. The summed E-state index contributed by atoms with van der Waals surface area (Å²) in [4.78, 5) is 25.1. The van der Waals surface area contributed by atoms with Gasteiger partial charge >= 0.3 is 5.97 Å². The van der Waals surface area contributed by atoms with Gasteiger partial charge in [-0.05, 0) is 43.3 Å². The first-order chi connectivity index (χ1) is 13.0. The van der Waals surface area contributed by atoms with E-state index < -0.39 is 11.9 Å². The first-order valence-electron chi connectivity index (χ1n) is 7.93. The van der Waals surface area contributed by atoms with Crippen LogP contribution < -0.4 is 10.1 Å². The first-order valence-corrected chi connectivity index (χ1v) is 9.13. The molecule has 0 aliphatic carbocycles. The molecule has 6 nitrogen and oxygen atoms in total. The van der Waals surface area contributed by atoms with Gasteiger partial charge in [-0.25, -0.2) is 4.79 Å². The molecule has 2 aromatic heterocycles. The lowest BCUT2D eigenvalue weighted by molar-refractivity contribution is 0.0602. The molecule has 0 spiro atoms. The van der Waals surface area contributed by atoms with Crippen molar-refractivity contribution < 1.29 is 23.5 Å². The van der Waals surface area contributed by atoms with Crippen LogP contribution in [0.1, 0.15) is 31.6 Å². The van der Waals surface area contributed by atoms with Crippen LogP contribution in [0.15, 0.2) is 46.9 Å². The van der Waals surface area contributed by atoms with Gasteiger partial charge in [-0.3, -0.25) is 4.79 Å². The number of benzene rings is 1. The topological polar surface area (TPSA) is 77.8 Å². The predicted octanol–water partition coefficient (Wildman–Crippen LogP) is 4.92. The van der Waals surface area contributed by atoms with Crippen molar-refractivity contribution in [3.8, 4) is 5.75 Å². The Hall–Kier alpha value is -2.77. The van der Waals surface area contributed by atoms with Gasteiger partial charge in [-0.15, -0.1) is 11.3 Å². The van der Waals surface area contributed by atoms with Crippen LogP contribution in [-0.4, -0.2) is 19.0 Å². The first kappa shape index (κ1) is 19.0. The third-order valence-electron chi connectivity index (χ3n) is 3.55. The quantitative estimate of drug-likeness (QED) is 0.589. The SMILES string of the molecule is COC(=O)c1cc(C)sc1NC(=O)c1ccc(COc2cccc(Cl)c2)o1. The summed E-state index contributed by atoms with van der Waals surface area (Å²) in [7, 11) is 1.29. The second kappa shape index (κ2) is 8.28. The Morgan fingerprint density at radius 1 is 1.22 bits per heavy atom. The van der Waals surface area contributed by atoms with Gasteiger partial charge in [0.1, 0.15) is 23.1 Å². The van der Waals surface area contributed by atoms with Crippen LogP contribution in [0.3, 0.4) is 0 Å². The maximum absolute atomic E-state index is 12.4. The molecule has 2 heterocycles. The Morgan fingerprint density at radius 3 is 2.78 bits per heavy atom. The fraction of sp³-hybridized carbons (Fsp3) is 0.158. The monoisotopic (exact) mass is 405 g/mol. The molecule has 140 valence electrons. The largest absolute Gasteiger partial charge is 0.486 e. The van der Waals surface area contributed by atoms with Gasteiger partial charge < -0.3 is 19.2 Å². The highest BCUT2D eigenvalue weighted by atomic mass is 35.5. The highest BCUT2D eigenvalue weighted by Crippen LogP contribution is 2.29. The number of esters is 1. The Balaban J connectivity index is 1.66. The Bertz CT molecular complexity index is 978. The molecule has 1 N–H and O–H groups in total. The van der Waals surface area contributed by atoms with E-state index in [1.165, 1.54) is 18.4 Å². The fourth-order valence-corrected chi connectivity index (χ4v) is 3.40. The molecule has 3 aromatic rings. The lowest BCUT2D eigenvalue weighted by Gasteiger charge is -2.05. The minimum atomic E-state index is -0.510. The van der Waals surface area contributed by atoms with Gasteiger partial charge in [0, 0.05) is 9.90 Å². The minimum absolute atomic E-state index is 0.113. The van der Waals surface area contributed by atoms with Crippen molar-refractivity contribution in [3.63, 3.8) is 0 Å². The third-order valence-corrected chi connectivity index (χ3v) is 4.75. The summed E-state index contributed by atoms with van der Waals surface area (Å²) >= 11 is 7.19. The average molecular weight is 406 g/mol. The zero-order valence-electron chi connectivity index (χ0n) is 14.6. The summed E-state index contributed by atoms with van der Waals surface area (Å²) in [5.74, 6) is 0.222. The van der Waals surface area contributed by atoms with Gasteiger partial charge in [0.25, 0.3) is 5.91 Å². The molecule has 3 rings (SSSR count). The Kier molecular flexibility index (Phi) is 5.83. The van der Waals surface area contributed by atoms with Crippen molar-refractivity contribution in [1.29, 1.82) is 0 Å². The van der Waals surface area contributed by atoms with Crippen LogP contribution in [0.25, 0.3) is 0 Å². The molecule has 1 amide bonds.